The zero-order valence-electron chi connectivity index (χ0n) is 17.4. The van der Waals surface area contributed by atoms with Gasteiger partial charge in [0.2, 0.25) is 5.88 Å². The third-order valence-corrected chi connectivity index (χ3v) is 5.67. The summed E-state index contributed by atoms with van der Waals surface area (Å²) in [5, 5.41) is 5.67. The van der Waals surface area contributed by atoms with Crippen molar-refractivity contribution in [3.8, 4) is 23.5 Å². The van der Waals surface area contributed by atoms with E-state index >= 15 is 0 Å². The minimum absolute atomic E-state index is 0.393. The molecule has 0 atom stereocenters. The molecule has 2 aromatic carbocycles. The molecule has 0 aliphatic carbocycles. The van der Waals surface area contributed by atoms with E-state index in [-0.39, 0.29) is 0 Å². The van der Waals surface area contributed by atoms with E-state index in [4.69, 9.17) is 9.47 Å². The molecule has 0 unspecified atom stereocenters. The van der Waals surface area contributed by atoms with Gasteiger partial charge in [0.15, 0.2) is 0 Å². The molecule has 2 aromatic heterocycles. The number of nitrogens with zero attached hydrogens (tertiary/aromatic N) is 3. The molecule has 31 heavy (non-hydrogen) atoms. The van der Waals surface area contributed by atoms with E-state index in [9.17, 15) is 0 Å². The van der Waals surface area contributed by atoms with E-state index in [1.54, 1.807) is 13.3 Å². The third kappa shape index (κ3) is 5.00. The molecule has 0 spiro atoms. The Kier molecular flexibility index (Phi) is 6.73. The summed E-state index contributed by atoms with van der Waals surface area (Å²) in [5.74, 6) is 7.92. The highest BCUT2D eigenvalue weighted by atomic mass is 127. The molecule has 4 aromatic rings. The van der Waals surface area contributed by atoms with Crippen LogP contribution in [-0.4, -0.2) is 21.9 Å². The van der Waals surface area contributed by atoms with E-state index in [0.29, 0.717) is 19.0 Å². The summed E-state index contributed by atoms with van der Waals surface area (Å²) in [5.41, 5.74) is 4.18. The minimum Gasteiger partial charge on any atom is -0.497 e. The lowest BCUT2D eigenvalue weighted by Crippen LogP contribution is -2.04. The fraction of sp³-hybridized carbons (Fsp3) is 0.200. The van der Waals surface area contributed by atoms with Crippen LogP contribution >= 0.6 is 22.6 Å². The molecule has 0 fully saturated rings. The molecule has 0 saturated carbocycles. The first kappa shape index (κ1) is 21.2. The number of methoxy groups -OCH3 is 1. The quantitative estimate of drug-likeness (QED) is 0.250. The number of hydrogen-bond donors (Lipinski definition) is 0. The summed E-state index contributed by atoms with van der Waals surface area (Å²) >= 11 is 2.23. The van der Waals surface area contributed by atoms with Crippen LogP contribution in [0, 0.1) is 15.4 Å². The third-order valence-electron chi connectivity index (χ3n) is 4.85. The normalized spacial score (nSPS) is 10.5. The average Bonchev–Trinajstić information content (AvgIpc) is 3.18. The number of rotatable bonds is 6. The number of pyridine rings is 1. The van der Waals surface area contributed by atoms with Crippen molar-refractivity contribution in [2.24, 2.45) is 0 Å². The standard InChI is InChI=1S/C25H22IN3O2/c1-3-4-6-19-13-20-15-28-29(16-18-8-10-22(30-2)11-9-18)24(20)14-21(19)17-31-25-23(26)7-5-12-27-25/h5,7-15H,3,16-17H2,1-2H3. The maximum atomic E-state index is 6.02. The van der Waals surface area contributed by atoms with Gasteiger partial charge in [-0.1, -0.05) is 30.9 Å². The zero-order chi connectivity index (χ0) is 21.6. The zero-order valence-corrected chi connectivity index (χ0v) is 19.6. The van der Waals surface area contributed by atoms with Gasteiger partial charge in [0, 0.05) is 29.1 Å². The van der Waals surface area contributed by atoms with Gasteiger partial charge in [-0.3, -0.25) is 4.68 Å². The lowest BCUT2D eigenvalue weighted by atomic mass is 10.1. The number of halogens is 1. The number of benzene rings is 2. The van der Waals surface area contributed by atoms with Gasteiger partial charge in [-0.05, 0) is 64.6 Å². The van der Waals surface area contributed by atoms with Crippen LogP contribution < -0.4 is 9.47 Å². The van der Waals surface area contributed by atoms with Crippen molar-refractivity contribution in [3.63, 3.8) is 0 Å². The number of fused-ring (bicyclic) bond motifs is 1. The second-order valence-corrected chi connectivity index (χ2v) is 8.12. The second kappa shape index (κ2) is 9.84. The van der Waals surface area contributed by atoms with Crippen molar-refractivity contribution in [2.45, 2.75) is 26.5 Å². The van der Waals surface area contributed by atoms with Crippen LogP contribution in [0.15, 0.2) is 60.9 Å². The van der Waals surface area contributed by atoms with Gasteiger partial charge in [-0.25, -0.2) is 4.98 Å². The fourth-order valence-corrected chi connectivity index (χ4v) is 3.74. The Balaban J connectivity index is 1.67. The summed E-state index contributed by atoms with van der Waals surface area (Å²) < 4.78 is 14.3. The molecule has 0 aliphatic heterocycles. The van der Waals surface area contributed by atoms with Gasteiger partial charge in [0.1, 0.15) is 12.4 Å². The number of hydrogen-bond acceptors (Lipinski definition) is 4. The van der Waals surface area contributed by atoms with E-state index < -0.39 is 0 Å². The van der Waals surface area contributed by atoms with Gasteiger partial charge in [-0.2, -0.15) is 5.10 Å². The van der Waals surface area contributed by atoms with Crippen molar-refractivity contribution in [3.05, 3.63) is 81.2 Å². The van der Waals surface area contributed by atoms with Crippen LogP contribution in [0.4, 0.5) is 0 Å². The SMILES string of the molecule is CCC#Cc1cc2cnn(Cc3ccc(OC)cc3)c2cc1COc1ncccc1I. The molecule has 0 saturated heterocycles. The van der Waals surface area contributed by atoms with Gasteiger partial charge < -0.3 is 9.47 Å². The van der Waals surface area contributed by atoms with Gasteiger partial charge >= 0.3 is 0 Å². The Bertz CT molecular complexity index is 1250. The topological polar surface area (TPSA) is 49.2 Å². The molecule has 0 aliphatic rings. The molecular formula is C25H22IN3O2. The first-order chi connectivity index (χ1) is 15.2. The van der Waals surface area contributed by atoms with Crippen LogP contribution in [0.25, 0.3) is 10.9 Å². The molecule has 0 N–H and O–H groups in total. The van der Waals surface area contributed by atoms with E-state index in [1.165, 1.54) is 0 Å². The smallest absolute Gasteiger partial charge is 0.227 e. The summed E-state index contributed by atoms with van der Waals surface area (Å²) in [6, 6.07) is 16.1. The summed E-state index contributed by atoms with van der Waals surface area (Å²) in [6.07, 6.45) is 4.43. The predicted molar refractivity (Wildman–Crippen MR) is 130 cm³/mol. The molecule has 5 nitrogen and oxygen atoms in total. The molecule has 6 heteroatoms. The minimum atomic E-state index is 0.393. The first-order valence-electron chi connectivity index (χ1n) is 10.0. The Morgan fingerprint density at radius 1 is 1.13 bits per heavy atom. The van der Waals surface area contributed by atoms with Gasteiger partial charge in [0.25, 0.3) is 0 Å². The van der Waals surface area contributed by atoms with Crippen LogP contribution in [0.5, 0.6) is 11.6 Å². The predicted octanol–water partition coefficient (Wildman–Crippen LogP) is 5.43. The van der Waals surface area contributed by atoms with Crippen molar-refractivity contribution in [1.82, 2.24) is 14.8 Å². The lowest BCUT2D eigenvalue weighted by Gasteiger charge is -2.11. The summed E-state index contributed by atoms with van der Waals surface area (Å²) in [6.45, 7) is 3.11. The average molecular weight is 523 g/mol. The second-order valence-electron chi connectivity index (χ2n) is 6.95. The van der Waals surface area contributed by atoms with E-state index in [0.717, 1.165) is 43.3 Å². The maximum absolute atomic E-state index is 6.02. The highest BCUT2D eigenvalue weighted by Gasteiger charge is 2.11. The number of aromatic nitrogens is 3. The van der Waals surface area contributed by atoms with Gasteiger partial charge in [0.05, 0.1) is 28.9 Å². The number of ether oxygens (including phenoxy) is 2. The molecule has 2 heterocycles. The highest BCUT2D eigenvalue weighted by Crippen LogP contribution is 2.24. The Morgan fingerprint density at radius 2 is 1.97 bits per heavy atom. The Labute approximate surface area is 195 Å². The van der Waals surface area contributed by atoms with Crippen LogP contribution in [-0.2, 0) is 13.2 Å². The van der Waals surface area contributed by atoms with Gasteiger partial charge in [-0.15, -0.1) is 0 Å². The monoisotopic (exact) mass is 523 g/mol. The molecule has 0 amide bonds. The summed E-state index contributed by atoms with van der Waals surface area (Å²) in [4.78, 5) is 4.33. The fourth-order valence-electron chi connectivity index (χ4n) is 3.24. The van der Waals surface area contributed by atoms with Crippen LogP contribution in [0.1, 0.15) is 30.0 Å². The maximum Gasteiger partial charge on any atom is 0.227 e. The van der Waals surface area contributed by atoms with Crippen molar-refractivity contribution in [1.29, 1.82) is 0 Å². The Hall–Kier alpha value is -3.05. The van der Waals surface area contributed by atoms with Crippen molar-refractivity contribution >= 4 is 33.5 Å². The van der Waals surface area contributed by atoms with Crippen LogP contribution in [0.2, 0.25) is 0 Å². The van der Waals surface area contributed by atoms with E-state index in [1.807, 2.05) is 42.1 Å². The largest absolute Gasteiger partial charge is 0.497 e. The summed E-state index contributed by atoms with van der Waals surface area (Å²) in [7, 11) is 1.67. The molecule has 0 bridgehead atoms. The lowest BCUT2D eigenvalue weighted by molar-refractivity contribution is 0.291. The Morgan fingerprint density at radius 3 is 2.71 bits per heavy atom. The molecule has 4 rings (SSSR count). The molecular weight excluding hydrogens is 501 g/mol. The van der Waals surface area contributed by atoms with E-state index in [2.05, 4.69) is 68.8 Å². The molecule has 0 radical (unpaired) electrons. The van der Waals surface area contributed by atoms with Crippen molar-refractivity contribution in [2.75, 3.05) is 7.11 Å². The first-order valence-corrected chi connectivity index (χ1v) is 11.1. The van der Waals surface area contributed by atoms with Crippen LogP contribution in [0.3, 0.4) is 0 Å². The highest BCUT2D eigenvalue weighted by molar-refractivity contribution is 14.1. The van der Waals surface area contributed by atoms with Crippen molar-refractivity contribution < 1.29 is 9.47 Å². The molecule has 156 valence electrons.